The summed E-state index contributed by atoms with van der Waals surface area (Å²) in [7, 11) is -8.00. The molecule has 0 saturated carbocycles. The van der Waals surface area contributed by atoms with E-state index in [-0.39, 0.29) is 22.1 Å². The van der Waals surface area contributed by atoms with Crippen LogP contribution in [0.4, 0.5) is 16.4 Å². The van der Waals surface area contributed by atoms with Crippen LogP contribution in [0.15, 0.2) is 57.7 Å². The number of phenols is 1. The lowest BCUT2D eigenvalue weighted by Crippen LogP contribution is -2.13. The molecule has 0 radical (unpaired) electrons. The fourth-order valence-electron chi connectivity index (χ4n) is 2.95. The van der Waals surface area contributed by atoms with Gasteiger partial charge in [0.15, 0.2) is 10.6 Å². The van der Waals surface area contributed by atoms with Gasteiger partial charge in [0, 0.05) is 17.0 Å². The minimum absolute atomic E-state index is 0.0194. The molecule has 2 aromatic heterocycles. The predicted octanol–water partition coefficient (Wildman–Crippen LogP) is 2.98. The number of hydrogen-bond acceptors (Lipinski definition) is 10. The summed E-state index contributed by atoms with van der Waals surface area (Å²) in [5, 5.41) is 25.3. The van der Waals surface area contributed by atoms with Crippen LogP contribution in [0, 0.1) is 0 Å². The van der Waals surface area contributed by atoms with Gasteiger partial charge in [-0.1, -0.05) is 12.1 Å². The van der Waals surface area contributed by atoms with E-state index in [1.165, 1.54) is 18.2 Å². The van der Waals surface area contributed by atoms with E-state index < -0.39 is 30.7 Å². The Morgan fingerprint density at radius 3 is 2.55 bits per heavy atom. The van der Waals surface area contributed by atoms with Gasteiger partial charge in [-0.05, 0) is 35.8 Å². The molecule has 0 aliphatic carbocycles. The molecule has 160 valence electrons. The van der Waals surface area contributed by atoms with E-state index >= 15 is 0 Å². The molecule has 0 fully saturated rings. The number of nitrogens with one attached hydrogen (secondary N) is 1. The van der Waals surface area contributed by atoms with E-state index in [1.807, 2.05) is 0 Å². The van der Waals surface area contributed by atoms with E-state index in [1.54, 1.807) is 18.3 Å². The van der Waals surface area contributed by atoms with Crippen LogP contribution in [-0.2, 0) is 20.0 Å². The van der Waals surface area contributed by atoms with Crippen molar-refractivity contribution in [3.8, 4) is 5.75 Å². The molecule has 0 spiro atoms. The predicted molar refractivity (Wildman–Crippen MR) is 117 cm³/mol. The van der Waals surface area contributed by atoms with Crippen molar-refractivity contribution in [2.45, 2.75) is 4.90 Å². The number of aromatic hydroxyl groups is 1. The molecule has 4 rings (SSSR count). The Balaban J connectivity index is 2.00. The average molecular weight is 479 g/mol. The SMILES string of the molecule is CS(=O)(=O)Nc1cccc2c(O)c(S(N)(=O)=O)cc(/N=N/c3snc4ncccc34)c12. The highest BCUT2D eigenvalue weighted by Gasteiger charge is 2.22. The minimum Gasteiger partial charge on any atom is -0.506 e. The van der Waals surface area contributed by atoms with Gasteiger partial charge in [0.05, 0.1) is 23.0 Å². The van der Waals surface area contributed by atoms with Gasteiger partial charge in [-0.15, -0.1) is 10.2 Å². The van der Waals surface area contributed by atoms with Crippen molar-refractivity contribution in [3.63, 3.8) is 0 Å². The summed E-state index contributed by atoms with van der Waals surface area (Å²) in [5.74, 6) is -0.624. The minimum atomic E-state index is -4.31. The summed E-state index contributed by atoms with van der Waals surface area (Å²) in [6.07, 6.45) is 2.54. The van der Waals surface area contributed by atoms with E-state index in [9.17, 15) is 21.9 Å². The number of pyridine rings is 1. The summed E-state index contributed by atoms with van der Waals surface area (Å²) < 4.78 is 54.1. The smallest absolute Gasteiger partial charge is 0.241 e. The zero-order chi connectivity index (χ0) is 22.4. The summed E-state index contributed by atoms with van der Waals surface area (Å²) >= 11 is 1.04. The first-order valence-corrected chi connectivity index (χ1v) is 12.7. The third-order valence-electron chi connectivity index (χ3n) is 4.16. The Kier molecular flexibility index (Phi) is 5.09. The molecular weight excluding hydrogens is 464 g/mol. The molecule has 0 saturated heterocycles. The van der Waals surface area contributed by atoms with E-state index in [0.29, 0.717) is 16.0 Å². The highest BCUT2D eigenvalue weighted by atomic mass is 32.2. The Morgan fingerprint density at radius 2 is 1.84 bits per heavy atom. The second kappa shape index (κ2) is 7.49. The van der Waals surface area contributed by atoms with Crippen LogP contribution in [-0.4, -0.2) is 37.6 Å². The quantitative estimate of drug-likeness (QED) is 0.369. The lowest BCUT2D eigenvalue weighted by molar-refractivity contribution is 0.465. The number of primary sulfonamides is 1. The third kappa shape index (κ3) is 4.18. The number of hydrogen-bond donors (Lipinski definition) is 3. The van der Waals surface area contributed by atoms with Gasteiger partial charge >= 0.3 is 0 Å². The van der Waals surface area contributed by atoms with Gasteiger partial charge in [-0.25, -0.2) is 27.0 Å². The summed E-state index contributed by atoms with van der Waals surface area (Å²) in [4.78, 5) is 3.54. The number of rotatable bonds is 5. The highest BCUT2D eigenvalue weighted by Crippen LogP contribution is 2.43. The number of fused-ring (bicyclic) bond motifs is 2. The Hall–Kier alpha value is -3.20. The molecule has 4 N–H and O–H groups in total. The zero-order valence-electron chi connectivity index (χ0n) is 15.7. The molecule has 0 unspecified atom stereocenters. The van der Waals surface area contributed by atoms with E-state index in [0.717, 1.165) is 23.9 Å². The second-order valence-electron chi connectivity index (χ2n) is 6.45. The number of aromatic nitrogens is 2. The normalized spacial score (nSPS) is 12.7. The zero-order valence-corrected chi connectivity index (χ0v) is 18.2. The fraction of sp³-hybridized carbons (Fsp3) is 0.0588. The molecule has 0 atom stereocenters. The van der Waals surface area contributed by atoms with E-state index in [2.05, 4.69) is 24.3 Å². The molecule has 0 amide bonds. The summed E-state index contributed by atoms with van der Waals surface area (Å²) in [6.45, 7) is 0. The maximum atomic E-state index is 12.0. The number of anilines is 1. The van der Waals surface area contributed by atoms with Crippen LogP contribution < -0.4 is 9.86 Å². The fourth-order valence-corrected chi connectivity index (χ4v) is 4.83. The number of sulfonamides is 2. The van der Waals surface area contributed by atoms with Crippen LogP contribution in [0.2, 0.25) is 0 Å². The molecule has 14 heteroatoms. The molecule has 31 heavy (non-hydrogen) atoms. The third-order valence-corrected chi connectivity index (χ3v) is 6.42. The van der Waals surface area contributed by atoms with Crippen LogP contribution in [0.5, 0.6) is 5.75 Å². The molecule has 0 aliphatic rings. The van der Waals surface area contributed by atoms with Crippen molar-refractivity contribution in [2.24, 2.45) is 15.4 Å². The Labute approximate surface area is 180 Å². The highest BCUT2D eigenvalue weighted by molar-refractivity contribution is 7.92. The van der Waals surface area contributed by atoms with Crippen molar-refractivity contribution < 1.29 is 21.9 Å². The van der Waals surface area contributed by atoms with Crippen LogP contribution in [0.3, 0.4) is 0 Å². The second-order valence-corrected chi connectivity index (χ2v) is 10.5. The van der Waals surface area contributed by atoms with Gasteiger partial charge in [-0.3, -0.25) is 4.72 Å². The van der Waals surface area contributed by atoms with Crippen molar-refractivity contribution >= 4 is 69.8 Å². The molecule has 0 bridgehead atoms. The summed E-state index contributed by atoms with van der Waals surface area (Å²) in [5.41, 5.74) is 0.539. The summed E-state index contributed by atoms with van der Waals surface area (Å²) in [6, 6.07) is 8.81. The van der Waals surface area contributed by atoms with Crippen molar-refractivity contribution in [1.29, 1.82) is 0 Å². The maximum absolute atomic E-state index is 12.0. The molecule has 2 aromatic carbocycles. The topological polar surface area (TPSA) is 177 Å². The van der Waals surface area contributed by atoms with Crippen molar-refractivity contribution in [1.82, 2.24) is 9.36 Å². The van der Waals surface area contributed by atoms with Gasteiger partial charge in [0.1, 0.15) is 10.6 Å². The first-order valence-electron chi connectivity index (χ1n) is 8.46. The van der Waals surface area contributed by atoms with Gasteiger partial charge in [0.25, 0.3) is 0 Å². The number of nitrogens with two attached hydrogens (primary N) is 1. The molecule has 11 nitrogen and oxygen atoms in total. The number of benzene rings is 2. The first kappa shape index (κ1) is 21.0. The van der Waals surface area contributed by atoms with Gasteiger partial charge in [-0.2, -0.15) is 4.37 Å². The standard InChI is InChI=1S/C17H14N6O5S3/c1-30(25,26)23-11-6-2-4-9-14(11)12(8-13(15(9)24)31(18,27)28)20-21-17-10-5-3-7-19-16(10)22-29-17/h2-8,23-24H,1H3,(H2,18,27,28)/b21-20+. The Bertz CT molecular complexity index is 1580. The van der Waals surface area contributed by atoms with Gasteiger partial charge < -0.3 is 5.11 Å². The lowest BCUT2D eigenvalue weighted by Gasteiger charge is -2.13. The molecule has 2 heterocycles. The maximum Gasteiger partial charge on any atom is 0.241 e. The largest absolute Gasteiger partial charge is 0.506 e. The van der Waals surface area contributed by atoms with Gasteiger partial charge in [0.2, 0.25) is 20.0 Å². The number of phenolic OH excluding ortho intramolecular Hbond substituents is 1. The molecule has 0 aliphatic heterocycles. The molecular formula is C17H14N6O5S3. The first-order chi connectivity index (χ1) is 14.5. The van der Waals surface area contributed by atoms with E-state index in [4.69, 9.17) is 5.14 Å². The van der Waals surface area contributed by atoms with Crippen molar-refractivity contribution in [2.75, 3.05) is 11.0 Å². The Morgan fingerprint density at radius 1 is 1.10 bits per heavy atom. The number of nitrogens with zero attached hydrogens (tertiary/aromatic N) is 4. The van der Waals surface area contributed by atoms with Crippen LogP contribution in [0.25, 0.3) is 21.8 Å². The van der Waals surface area contributed by atoms with Crippen molar-refractivity contribution in [3.05, 3.63) is 42.6 Å². The average Bonchev–Trinajstić information content (AvgIpc) is 3.09. The molecule has 4 aromatic rings. The lowest BCUT2D eigenvalue weighted by atomic mass is 10.1. The monoisotopic (exact) mass is 478 g/mol. The van der Waals surface area contributed by atoms with Crippen LogP contribution >= 0.6 is 11.5 Å². The van der Waals surface area contributed by atoms with Crippen LogP contribution in [0.1, 0.15) is 0 Å². The number of azo groups is 1.